The van der Waals surface area contributed by atoms with Gasteiger partial charge in [-0.05, 0) is 30.7 Å². The predicted molar refractivity (Wildman–Crippen MR) is 70.9 cm³/mol. The molecule has 0 aliphatic rings. The Morgan fingerprint density at radius 1 is 1.39 bits per heavy atom. The summed E-state index contributed by atoms with van der Waals surface area (Å²) in [5.41, 5.74) is 0. The van der Waals surface area contributed by atoms with Crippen molar-refractivity contribution >= 4 is 5.91 Å². The lowest BCUT2D eigenvalue weighted by Gasteiger charge is -2.16. The zero-order valence-corrected chi connectivity index (χ0v) is 10.8. The van der Waals surface area contributed by atoms with Crippen molar-refractivity contribution < 1.29 is 14.3 Å². The molecular weight excluding hydrogens is 230 g/mol. The van der Waals surface area contributed by atoms with Gasteiger partial charge in [-0.3, -0.25) is 4.79 Å². The fraction of sp³-hybridized carbons (Fsp3) is 0.357. The molecule has 1 N–H and O–H groups in total. The minimum Gasteiger partial charge on any atom is -0.497 e. The maximum atomic E-state index is 11.8. The van der Waals surface area contributed by atoms with E-state index < -0.39 is 6.10 Å². The zero-order valence-electron chi connectivity index (χ0n) is 10.8. The van der Waals surface area contributed by atoms with Gasteiger partial charge in [-0.15, -0.1) is 6.58 Å². The SMILES string of the molecule is C=CCNC(=O)[C@@H](CC)Oc1ccc(OC)cc1. The standard InChI is InChI=1S/C14H19NO3/c1-4-10-15-14(16)13(5-2)18-12-8-6-11(17-3)7-9-12/h4,6-9,13H,1,5,10H2,2-3H3,(H,15,16)/t13-/m1/s1. The van der Waals surface area contributed by atoms with Gasteiger partial charge in [-0.1, -0.05) is 13.0 Å². The minimum atomic E-state index is -0.488. The fourth-order valence-corrected chi connectivity index (χ4v) is 1.43. The molecule has 1 aromatic rings. The first-order valence-corrected chi connectivity index (χ1v) is 5.90. The summed E-state index contributed by atoms with van der Waals surface area (Å²) in [5.74, 6) is 1.27. The van der Waals surface area contributed by atoms with Crippen molar-refractivity contribution in [3.8, 4) is 11.5 Å². The monoisotopic (exact) mass is 249 g/mol. The van der Waals surface area contributed by atoms with E-state index in [4.69, 9.17) is 9.47 Å². The van der Waals surface area contributed by atoms with E-state index in [1.165, 1.54) is 0 Å². The van der Waals surface area contributed by atoms with Gasteiger partial charge in [0, 0.05) is 6.54 Å². The normalized spacial score (nSPS) is 11.4. The molecule has 0 spiro atoms. The highest BCUT2D eigenvalue weighted by atomic mass is 16.5. The molecule has 0 saturated heterocycles. The Balaban J connectivity index is 2.60. The lowest BCUT2D eigenvalue weighted by Crippen LogP contribution is -2.37. The van der Waals surface area contributed by atoms with Gasteiger partial charge in [-0.2, -0.15) is 0 Å². The third-order valence-corrected chi connectivity index (χ3v) is 2.42. The number of nitrogens with one attached hydrogen (secondary N) is 1. The predicted octanol–water partition coefficient (Wildman–Crippen LogP) is 2.15. The van der Waals surface area contributed by atoms with Gasteiger partial charge in [0.25, 0.3) is 5.91 Å². The molecule has 0 aromatic heterocycles. The number of ether oxygens (including phenoxy) is 2. The summed E-state index contributed by atoms with van der Waals surface area (Å²) in [6.07, 6.45) is 1.76. The second kappa shape index (κ2) is 7.37. The highest BCUT2D eigenvalue weighted by molar-refractivity contribution is 5.81. The van der Waals surface area contributed by atoms with Crippen LogP contribution in [0.4, 0.5) is 0 Å². The maximum Gasteiger partial charge on any atom is 0.261 e. The van der Waals surface area contributed by atoms with Gasteiger partial charge in [-0.25, -0.2) is 0 Å². The highest BCUT2D eigenvalue weighted by Crippen LogP contribution is 2.18. The summed E-state index contributed by atoms with van der Waals surface area (Å²) in [4.78, 5) is 11.8. The number of hydrogen-bond acceptors (Lipinski definition) is 3. The first kappa shape index (κ1) is 14.1. The molecule has 4 nitrogen and oxygen atoms in total. The number of methoxy groups -OCH3 is 1. The average molecular weight is 249 g/mol. The largest absolute Gasteiger partial charge is 0.497 e. The number of rotatable bonds is 7. The van der Waals surface area contributed by atoms with E-state index in [-0.39, 0.29) is 5.91 Å². The van der Waals surface area contributed by atoms with Gasteiger partial charge >= 0.3 is 0 Å². The van der Waals surface area contributed by atoms with E-state index in [0.717, 1.165) is 5.75 Å². The van der Waals surface area contributed by atoms with Gasteiger partial charge < -0.3 is 14.8 Å². The van der Waals surface area contributed by atoms with Crippen LogP contribution in [0.15, 0.2) is 36.9 Å². The maximum absolute atomic E-state index is 11.8. The van der Waals surface area contributed by atoms with Crippen LogP contribution in [-0.2, 0) is 4.79 Å². The number of carbonyl (C=O) groups is 1. The van der Waals surface area contributed by atoms with E-state index in [9.17, 15) is 4.79 Å². The summed E-state index contributed by atoms with van der Waals surface area (Å²) in [6, 6.07) is 7.15. The quantitative estimate of drug-likeness (QED) is 0.753. The molecule has 98 valence electrons. The molecule has 1 rings (SSSR count). The molecular formula is C14H19NO3. The van der Waals surface area contributed by atoms with Crippen LogP contribution in [0.25, 0.3) is 0 Å². The number of benzene rings is 1. The summed E-state index contributed by atoms with van der Waals surface area (Å²) in [6.45, 7) is 5.90. The molecule has 4 heteroatoms. The Morgan fingerprint density at radius 3 is 2.50 bits per heavy atom. The molecule has 0 aliphatic heterocycles. The van der Waals surface area contributed by atoms with Crippen molar-refractivity contribution in [3.05, 3.63) is 36.9 Å². The van der Waals surface area contributed by atoms with Crippen molar-refractivity contribution in [1.82, 2.24) is 5.32 Å². The van der Waals surface area contributed by atoms with Gasteiger partial charge in [0.15, 0.2) is 6.10 Å². The summed E-state index contributed by atoms with van der Waals surface area (Å²) in [5, 5.41) is 2.72. The van der Waals surface area contributed by atoms with E-state index in [1.807, 2.05) is 6.92 Å². The van der Waals surface area contributed by atoms with Crippen LogP contribution < -0.4 is 14.8 Å². The smallest absolute Gasteiger partial charge is 0.261 e. The Bertz CT molecular complexity index is 387. The third kappa shape index (κ3) is 4.13. The second-order valence-electron chi connectivity index (χ2n) is 3.72. The summed E-state index contributed by atoms with van der Waals surface area (Å²) >= 11 is 0. The van der Waals surface area contributed by atoms with E-state index in [0.29, 0.717) is 18.7 Å². The molecule has 1 atom stereocenters. The van der Waals surface area contributed by atoms with Crippen LogP contribution in [0.3, 0.4) is 0 Å². The second-order valence-corrected chi connectivity index (χ2v) is 3.72. The molecule has 0 bridgehead atoms. The fourth-order valence-electron chi connectivity index (χ4n) is 1.43. The molecule has 0 heterocycles. The Kier molecular flexibility index (Phi) is 5.77. The molecule has 18 heavy (non-hydrogen) atoms. The Hall–Kier alpha value is -1.97. The molecule has 1 aromatic carbocycles. The van der Waals surface area contributed by atoms with Gasteiger partial charge in [0.2, 0.25) is 0 Å². The number of amides is 1. The van der Waals surface area contributed by atoms with Crippen LogP contribution >= 0.6 is 0 Å². The lowest BCUT2D eigenvalue weighted by atomic mass is 10.2. The Labute approximate surface area is 108 Å². The first-order valence-electron chi connectivity index (χ1n) is 5.90. The van der Waals surface area contributed by atoms with Crippen LogP contribution in [0.5, 0.6) is 11.5 Å². The zero-order chi connectivity index (χ0) is 13.4. The van der Waals surface area contributed by atoms with Crippen molar-refractivity contribution in [1.29, 1.82) is 0 Å². The average Bonchev–Trinajstić information content (AvgIpc) is 2.42. The van der Waals surface area contributed by atoms with Crippen molar-refractivity contribution in [3.63, 3.8) is 0 Å². The lowest BCUT2D eigenvalue weighted by molar-refractivity contribution is -0.127. The highest BCUT2D eigenvalue weighted by Gasteiger charge is 2.17. The Morgan fingerprint density at radius 2 is 2.00 bits per heavy atom. The van der Waals surface area contributed by atoms with Gasteiger partial charge in [0.05, 0.1) is 7.11 Å². The van der Waals surface area contributed by atoms with Gasteiger partial charge in [0.1, 0.15) is 11.5 Å². The van der Waals surface area contributed by atoms with E-state index in [2.05, 4.69) is 11.9 Å². The number of hydrogen-bond donors (Lipinski definition) is 1. The van der Waals surface area contributed by atoms with Crippen LogP contribution in [0, 0.1) is 0 Å². The third-order valence-electron chi connectivity index (χ3n) is 2.42. The molecule has 0 unspecified atom stereocenters. The van der Waals surface area contributed by atoms with E-state index >= 15 is 0 Å². The van der Waals surface area contributed by atoms with Crippen LogP contribution in [0.2, 0.25) is 0 Å². The van der Waals surface area contributed by atoms with Crippen molar-refractivity contribution in [2.75, 3.05) is 13.7 Å². The van der Waals surface area contributed by atoms with Crippen LogP contribution in [-0.4, -0.2) is 25.7 Å². The van der Waals surface area contributed by atoms with E-state index in [1.54, 1.807) is 37.5 Å². The first-order chi connectivity index (χ1) is 8.71. The molecule has 0 aliphatic carbocycles. The number of carbonyl (C=O) groups excluding carboxylic acids is 1. The minimum absolute atomic E-state index is 0.131. The van der Waals surface area contributed by atoms with Crippen molar-refractivity contribution in [2.24, 2.45) is 0 Å². The molecule has 0 saturated carbocycles. The van der Waals surface area contributed by atoms with Crippen LogP contribution in [0.1, 0.15) is 13.3 Å². The molecule has 0 fully saturated rings. The molecule has 1 amide bonds. The molecule has 0 radical (unpaired) electrons. The summed E-state index contributed by atoms with van der Waals surface area (Å²) < 4.78 is 10.7. The summed E-state index contributed by atoms with van der Waals surface area (Å²) in [7, 11) is 1.60. The van der Waals surface area contributed by atoms with Crippen molar-refractivity contribution in [2.45, 2.75) is 19.4 Å². The topological polar surface area (TPSA) is 47.6 Å².